The summed E-state index contributed by atoms with van der Waals surface area (Å²) in [6.45, 7) is 4.08. The van der Waals surface area contributed by atoms with Crippen LogP contribution in [-0.4, -0.2) is 31.5 Å². The summed E-state index contributed by atoms with van der Waals surface area (Å²) in [7, 11) is 3.02. The molecule has 0 atom stereocenters. The number of aldehydes is 1. The van der Waals surface area contributed by atoms with Gasteiger partial charge in [-0.3, -0.25) is 9.78 Å². The first-order valence-electron chi connectivity index (χ1n) is 10.0. The van der Waals surface area contributed by atoms with Crippen LogP contribution in [0.15, 0.2) is 48.7 Å². The van der Waals surface area contributed by atoms with Crippen molar-refractivity contribution in [3.8, 4) is 17.2 Å². The molecular formula is C24H27ClN4O4. The number of carbonyl (C=O) groups excluding carboxylic acids is 2. The number of rotatable bonds is 7. The van der Waals surface area contributed by atoms with Gasteiger partial charge in [-0.2, -0.15) is 0 Å². The Balaban J connectivity index is 0.00000187. The first kappa shape index (κ1) is 25.6. The zero-order valence-electron chi connectivity index (χ0n) is 18.9. The first-order valence-corrected chi connectivity index (χ1v) is 10.4. The molecule has 0 bridgehead atoms. The van der Waals surface area contributed by atoms with E-state index in [1.807, 2.05) is 32.0 Å². The van der Waals surface area contributed by atoms with Crippen LogP contribution in [0.4, 0.5) is 10.5 Å². The number of anilines is 1. The normalized spacial score (nSPS) is 9.88. The van der Waals surface area contributed by atoms with Crippen LogP contribution in [0.1, 0.15) is 27.2 Å². The van der Waals surface area contributed by atoms with Gasteiger partial charge in [-0.05, 0) is 55.8 Å². The Morgan fingerprint density at radius 1 is 1.09 bits per heavy atom. The van der Waals surface area contributed by atoms with Crippen LogP contribution < -0.4 is 25.8 Å². The minimum atomic E-state index is -0.365. The molecule has 0 saturated heterocycles. The van der Waals surface area contributed by atoms with Crippen molar-refractivity contribution in [1.82, 2.24) is 10.3 Å². The highest BCUT2D eigenvalue weighted by atomic mass is 35.5. The van der Waals surface area contributed by atoms with Crippen LogP contribution in [0.5, 0.6) is 17.2 Å². The molecule has 0 radical (unpaired) electrons. The molecular weight excluding hydrogens is 444 g/mol. The van der Waals surface area contributed by atoms with Crippen LogP contribution in [-0.2, 0) is 6.54 Å². The molecule has 1 aromatic heterocycles. The molecule has 0 unspecified atom stereocenters. The molecule has 0 fully saturated rings. The molecule has 33 heavy (non-hydrogen) atoms. The minimum absolute atomic E-state index is 0.300. The number of nitrogens with two attached hydrogens (primary N) is 1. The van der Waals surface area contributed by atoms with Gasteiger partial charge in [0.1, 0.15) is 22.9 Å². The highest BCUT2D eigenvalue weighted by Crippen LogP contribution is 2.31. The Hall–Kier alpha value is -3.62. The lowest BCUT2D eigenvalue weighted by atomic mass is 10.1. The highest BCUT2D eigenvalue weighted by Gasteiger charge is 2.11. The average Bonchev–Trinajstić information content (AvgIpc) is 2.83. The number of ether oxygens (including phenoxy) is 2. The lowest BCUT2D eigenvalue weighted by molar-refractivity contribution is 0.111. The second-order valence-electron chi connectivity index (χ2n) is 6.85. The van der Waals surface area contributed by atoms with Gasteiger partial charge >= 0.3 is 6.03 Å². The summed E-state index contributed by atoms with van der Waals surface area (Å²) in [4.78, 5) is 27.1. The van der Waals surface area contributed by atoms with Gasteiger partial charge in [0, 0.05) is 29.9 Å². The van der Waals surface area contributed by atoms with Gasteiger partial charge < -0.3 is 25.8 Å². The summed E-state index contributed by atoms with van der Waals surface area (Å²) >= 11 is 6.10. The summed E-state index contributed by atoms with van der Waals surface area (Å²) in [5, 5.41) is 6.16. The zero-order valence-corrected chi connectivity index (χ0v) is 19.7. The van der Waals surface area contributed by atoms with Gasteiger partial charge in [0.15, 0.2) is 6.29 Å². The number of carbonyl (C=O) groups is 2. The standard InChI is InChI=1S/C23H22ClN3O4.CH5N/c1-14-9-20(22(30-3)11-19(14)24)27-23(29)26-12-16-4-5-21(15(2)8-16)31-18-6-7-25-17(10-18)13-28;1-2/h4-11,13H,12H2,1-3H3,(H2,26,27,29);2H2,1H3. The largest absolute Gasteiger partial charge is 0.495 e. The van der Waals surface area contributed by atoms with Crippen molar-refractivity contribution >= 4 is 29.6 Å². The SMILES string of the molecule is CN.COc1cc(Cl)c(C)cc1NC(=O)NCc1ccc(Oc2ccnc(C=O)c2)c(C)c1. The van der Waals surface area contributed by atoms with E-state index in [-0.39, 0.29) is 6.03 Å². The van der Waals surface area contributed by atoms with E-state index < -0.39 is 0 Å². The van der Waals surface area contributed by atoms with Gasteiger partial charge in [-0.15, -0.1) is 0 Å². The van der Waals surface area contributed by atoms with Crippen molar-refractivity contribution in [1.29, 1.82) is 0 Å². The van der Waals surface area contributed by atoms with E-state index in [0.29, 0.717) is 46.5 Å². The summed E-state index contributed by atoms with van der Waals surface area (Å²) in [6.07, 6.45) is 2.18. The molecule has 4 N–H and O–H groups in total. The van der Waals surface area contributed by atoms with E-state index >= 15 is 0 Å². The maximum atomic E-state index is 12.3. The van der Waals surface area contributed by atoms with Gasteiger partial charge in [-0.1, -0.05) is 23.7 Å². The monoisotopic (exact) mass is 470 g/mol. The Labute approximate surface area is 198 Å². The fourth-order valence-corrected chi connectivity index (χ4v) is 3.05. The molecule has 0 aliphatic heterocycles. The van der Waals surface area contributed by atoms with E-state index in [9.17, 15) is 9.59 Å². The molecule has 8 nitrogen and oxygen atoms in total. The lowest BCUT2D eigenvalue weighted by Crippen LogP contribution is -2.28. The van der Waals surface area contributed by atoms with Crippen LogP contribution in [0.25, 0.3) is 0 Å². The van der Waals surface area contributed by atoms with E-state index in [2.05, 4.69) is 21.4 Å². The van der Waals surface area contributed by atoms with Gasteiger partial charge in [-0.25, -0.2) is 4.79 Å². The van der Waals surface area contributed by atoms with Gasteiger partial charge in [0.05, 0.1) is 12.8 Å². The molecule has 0 aliphatic carbocycles. The molecule has 3 aromatic rings. The molecule has 0 spiro atoms. The third-order valence-corrected chi connectivity index (χ3v) is 4.93. The number of pyridine rings is 1. The van der Waals surface area contributed by atoms with Crippen LogP contribution in [0.3, 0.4) is 0 Å². The summed E-state index contributed by atoms with van der Waals surface area (Å²) in [6, 6.07) is 11.9. The number of hydrogen-bond acceptors (Lipinski definition) is 6. The Morgan fingerprint density at radius 3 is 2.52 bits per heavy atom. The molecule has 1 heterocycles. The second kappa shape index (κ2) is 12.4. The molecule has 0 aliphatic rings. The summed E-state index contributed by atoms with van der Waals surface area (Å²) in [5.74, 6) is 1.66. The number of amides is 2. The van der Waals surface area contributed by atoms with Gasteiger partial charge in [0.25, 0.3) is 0 Å². The number of nitrogens with zero attached hydrogens (tertiary/aromatic N) is 1. The highest BCUT2D eigenvalue weighted by molar-refractivity contribution is 6.31. The van der Waals surface area contributed by atoms with Crippen molar-refractivity contribution in [2.24, 2.45) is 5.73 Å². The molecule has 9 heteroatoms. The number of benzene rings is 2. The molecule has 2 aromatic carbocycles. The van der Waals surface area contributed by atoms with Crippen LogP contribution >= 0.6 is 11.6 Å². The topological polar surface area (TPSA) is 116 Å². The Kier molecular flexibility index (Phi) is 9.65. The summed E-state index contributed by atoms with van der Waals surface area (Å²) < 4.78 is 11.1. The number of aromatic nitrogens is 1. The van der Waals surface area contributed by atoms with Crippen molar-refractivity contribution in [3.05, 3.63) is 76.1 Å². The van der Waals surface area contributed by atoms with Crippen molar-refractivity contribution < 1.29 is 19.1 Å². The third-order valence-electron chi connectivity index (χ3n) is 4.52. The molecule has 0 saturated carbocycles. The Bertz CT molecular complexity index is 1120. The summed E-state index contributed by atoms with van der Waals surface area (Å²) in [5.41, 5.74) is 7.96. The fraction of sp³-hybridized carbons (Fsp3) is 0.208. The third kappa shape index (κ3) is 7.20. The van der Waals surface area contributed by atoms with E-state index in [1.165, 1.54) is 20.4 Å². The Morgan fingerprint density at radius 2 is 1.85 bits per heavy atom. The minimum Gasteiger partial charge on any atom is -0.495 e. The average molecular weight is 471 g/mol. The van der Waals surface area contributed by atoms with E-state index in [4.69, 9.17) is 21.1 Å². The number of halogens is 1. The van der Waals surface area contributed by atoms with Crippen molar-refractivity contribution in [2.75, 3.05) is 19.5 Å². The predicted molar refractivity (Wildman–Crippen MR) is 130 cm³/mol. The van der Waals surface area contributed by atoms with Crippen LogP contribution in [0.2, 0.25) is 5.02 Å². The number of nitrogens with one attached hydrogen (secondary N) is 2. The van der Waals surface area contributed by atoms with Gasteiger partial charge in [0.2, 0.25) is 0 Å². The smallest absolute Gasteiger partial charge is 0.319 e. The number of urea groups is 1. The van der Waals surface area contributed by atoms with Crippen molar-refractivity contribution in [3.63, 3.8) is 0 Å². The molecule has 3 rings (SSSR count). The molecule has 2 amide bonds. The van der Waals surface area contributed by atoms with E-state index in [1.54, 1.807) is 24.3 Å². The predicted octanol–water partition coefficient (Wildman–Crippen LogP) is 4.86. The first-order chi connectivity index (χ1) is 15.9. The fourth-order valence-electron chi connectivity index (χ4n) is 2.90. The zero-order chi connectivity index (χ0) is 24.4. The number of aryl methyl sites for hydroxylation is 2. The number of methoxy groups -OCH3 is 1. The molecule has 174 valence electrons. The quantitative estimate of drug-likeness (QED) is 0.424. The lowest BCUT2D eigenvalue weighted by Gasteiger charge is -2.14. The van der Waals surface area contributed by atoms with E-state index in [0.717, 1.165) is 16.7 Å². The maximum absolute atomic E-state index is 12.3. The second-order valence-corrected chi connectivity index (χ2v) is 7.25. The maximum Gasteiger partial charge on any atom is 0.319 e. The van der Waals surface area contributed by atoms with Crippen LogP contribution in [0, 0.1) is 13.8 Å². The van der Waals surface area contributed by atoms with Crippen molar-refractivity contribution in [2.45, 2.75) is 20.4 Å². The number of hydrogen-bond donors (Lipinski definition) is 3.